The van der Waals surface area contributed by atoms with Crippen molar-refractivity contribution in [3.05, 3.63) is 42.5 Å². The summed E-state index contributed by atoms with van der Waals surface area (Å²) in [5.41, 5.74) is 0.702. The number of urea groups is 1. The van der Waals surface area contributed by atoms with E-state index in [1.165, 1.54) is 11.0 Å². The largest absolute Gasteiger partial charge is 0.378 e. The molecule has 288 valence electrons. The first-order chi connectivity index (χ1) is 24.5. The van der Waals surface area contributed by atoms with Crippen LogP contribution in [-0.2, 0) is 19.2 Å². The van der Waals surface area contributed by atoms with Crippen LogP contribution in [0.4, 0.5) is 10.5 Å². The van der Waals surface area contributed by atoms with Crippen LogP contribution < -0.4 is 26.2 Å². The van der Waals surface area contributed by atoms with Crippen molar-refractivity contribution in [2.24, 2.45) is 23.2 Å². The maximum absolute atomic E-state index is 14.5. The molecule has 0 aromatic heterocycles. The molecule has 12 nitrogen and oxygen atoms in total. The van der Waals surface area contributed by atoms with Crippen LogP contribution in [0.2, 0.25) is 0 Å². The minimum Gasteiger partial charge on any atom is -0.378 e. The molecule has 2 aliphatic rings. The Morgan fingerprint density at radius 2 is 1.58 bits per heavy atom. The fraction of sp³-hybridized carbons (Fsp3) is 0.650. The molecule has 1 aromatic carbocycles. The molecule has 1 saturated heterocycles. The highest BCUT2D eigenvalue weighted by atomic mass is 16.2. The highest BCUT2D eigenvalue weighted by Crippen LogP contribution is 2.34. The number of benzene rings is 1. The van der Waals surface area contributed by atoms with Crippen LogP contribution in [0.5, 0.6) is 0 Å². The van der Waals surface area contributed by atoms with Gasteiger partial charge in [0.2, 0.25) is 17.6 Å². The van der Waals surface area contributed by atoms with E-state index >= 15 is 0 Å². The topological polar surface area (TPSA) is 157 Å². The first-order valence-electron chi connectivity index (χ1n) is 18.9. The number of carbonyl (C=O) groups excluding carboxylic acids is 6. The molecule has 1 saturated carbocycles. The Morgan fingerprint density at radius 3 is 2.12 bits per heavy atom. The minimum atomic E-state index is -1.05. The van der Waals surface area contributed by atoms with Crippen molar-refractivity contribution in [2.45, 2.75) is 117 Å². The molecule has 12 heteroatoms. The summed E-state index contributed by atoms with van der Waals surface area (Å²) in [5, 5.41) is 11.2. The van der Waals surface area contributed by atoms with Gasteiger partial charge in [0.1, 0.15) is 12.1 Å². The first-order valence-corrected chi connectivity index (χ1v) is 18.9. The van der Waals surface area contributed by atoms with Crippen LogP contribution in [0.25, 0.3) is 0 Å². The molecule has 0 bridgehead atoms. The Labute approximate surface area is 310 Å². The van der Waals surface area contributed by atoms with E-state index in [4.69, 9.17) is 0 Å². The molecular formula is C40H62N6O6. The van der Waals surface area contributed by atoms with Gasteiger partial charge < -0.3 is 31.1 Å². The molecule has 0 spiro atoms. The number of Topliss-reactive ketones (excluding diaryl/α,β-unsaturated/α-hetero) is 2. The van der Waals surface area contributed by atoms with Crippen LogP contribution in [-0.4, -0.2) is 91.6 Å². The van der Waals surface area contributed by atoms with Crippen molar-refractivity contribution < 1.29 is 28.8 Å². The van der Waals surface area contributed by atoms with E-state index in [1.807, 2.05) is 72.7 Å². The van der Waals surface area contributed by atoms with Crippen LogP contribution in [0.1, 0.15) is 103 Å². The third-order valence-electron chi connectivity index (χ3n) is 10.4. The van der Waals surface area contributed by atoms with Gasteiger partial charge >= 0.3 is 6.03 Å². The number of hydrogen-bond acceptors (Lipinski definition) is 7. The zero-order valence-corrected chi connectivity index (χ0v) is 32.6. The number of nitrogens with zero attached hydrogens (tertiary/aromatic N) is 2. The molecule has 3 rings (SSSR count). The SMILES string of the molecule is C=CCNC(=O)C(=O)C(CCC)NC(=O)[C@@H]1[C@@H](C(C)C)CCN1C(=O)[C@@H](NC(=O)N[C@H](C(=O)c1ccc(N(C)C)cc1)C1CCCCC1)C(C)(C)C. The molecule has 1 aromatic rings. The van der Waals surface area contributed by atoms with Crippen molar-refractivity contribution in [2.75, 3.05) is 32.1 Å². The Kier molecular flexibility index (Phi) is 15.4. The maximum atomic E-state index is 14.5. The standard InChI is InChI=1S/C40H62N6O6/c1-10-15-30(34(48)37(50)41-23-11-2)42-36(49)32-29(25(3)4)22-24-46(32)38(51)35(40(5,6)7)44-39(52)43-31(26-16-13-12-14-17-26)33(47)27-18-20-28(21-19-27)45(8)9/h11,18-21,25-26,29-32,35H,2,10,12-17,22-24H2,1,3-9H3,(H,41,50)(H,42,49)(H2,43,44,52)/t29-,30?,31+,32+,35-/m1/s1. The summed E-state index contributed by atoms with van der Waals surface area (Å²) in [6.45, 7) is 15.3. The predicted molar refractivity (Wildman–Crippen MR) is 204 cm³/mol. The van der Waals surface area contributed by atoms with Crippen molar-refractivity contribution >= 4 is 41.0 Å². The number of ketones is 2. The summed E-state index contributed by atoms with van der Waals surface area (Å²) >= 11 is 0. The number of rotatable bonds is 16. The molecule has 5 atom stereocenters. The molecular weight excluding hydrogens is 660 g/mol. The number of nitrogens with one attached hydrogen (secondary N) is 4. The van der Waals surface area contributed by atoms with E-state index in [2.05, 4.69) is 27.8 Å². The van der Waals surface area contributed by atoms with E-state index in [9.17, 15) is 28.8 Å². The fourth-order valence-electron chi connectivity index (χ4n) is 7.42. The van der Waals surface area contributed by atoms with Crippen molar-refractivity contribution in [3.63, 3.8) is 0 Å². The van der Waals surface area contributed by atoms with Gasteiger partial charge in [-0.15, -0.1) is 6.58 Å². The summed E-state index contributed by atoms with van der Waals surface area (Å²) < 4.78 is 0. The van der Waals surface area contributed by atoms with Gasteiger partial charge in [-0.2, -0.15) is 0 Å². The zero-order valence-electron chi connectivity index (χ0n) is 32.6. The molecule has 1 unspecified atom stereocenters. The summed E-state index contributed by atoms with van der Waals surface area (Å²) in [6.07, 6.45) is 7.47. The van der Waals surface area contributed by atoms with Gasteiger partial charge in [-0.1, -0.05) is 73.3 Å². The highest BCUT2D eigenvalue weighted by molar-refractivity contribution is 6.38. The fourth-order valence-corrected chi connectivity index (χ4v) is 7.42. The monoisotopic (exact) mass is 722 g/mol. The zero-order chi connectivity index (χ0) is 38.7. The van der Waals surface area contributed by atoms with Gasteiger partial charge in [-0.05, 0) is 73.1 Å². The summed E-state index contributed by atoms with van der Waals surface area (Å²) in [4.78, 5) is 85.4. The molecule has 1 aliphatic heterocycles. The second-order valence-electron chi connectivity index (χ2n) is 16.0. The molecule has 4 N–H and O–H groups in total. The summed E-state index contributed by atoms with van der Waals surface area (Å²) in [6, 6.07) is 2.93. The second kappa shape index (κ2) is 19.0. The Morgan fingerprint density at radius 1 is 0.942 bits per heavy atom. The van der Waals surface area contributed by atoms with E-state index < -0.39 is 59.1 Å². The number of likely N-dealkylation sites (tertiary alicyclic amines) is 1. The highest BCUT2D eigenvalue weighted by Gasteiger charge is 2.48. The number of amides is 5. The summed E-state index contributed by atoms with van der Waals surface area (Å²) in [7, 11) is 3.86. The van der Waals surface area contributed by atoms with Gasteiger partial charge in [0.15, 0.2) is 5.78 Å². The van der Waals surface area contributed by atoms with Crippen LogP contribution in [0.3, 0.4) is 0 Å². The van der Waals surface area contributed by atoms with E-state index in [-0.39, 0.29) is 43.0 Å². The molecule has 1 heterocycles. The number of hydrogen-bond donors (Lipinski definition) is 4. The third-order valence-corrected chi connectivity index (χ3v) is 10.4. The predicted octanol–water partition coefficient (Wildman–Crippen LogP) is 4.63. The Balaban J connectivity index is 1.86. The lowest BCUT2D eigenvalue weighted by Crippen LogP contribution is -2.62. The smallest absolute Gasteiger partial charge is 0.316 e. The van der Waals surface area contributed by atoms with Gasteiger partial charge in [0.05, 0.1) is 12.1 Å². The van der Waals surface area contributed by atoms with Gasteiger partial charge in [0, 0.05) is 38.4 Å². The molecule has 52 heavy (non-hydrogen) atoms. The average molecular weight is 723 g/mol. The van der Waals surface area contributed by atoms with E-state index in [0.29, 0.717) is 18.4 Å². The van der Waals surface area contributed by atoms with Crippen LogP contribution >= 0.6 is 0 Å². The van der Waals surface area contributed by atoms with Crippen molar-refractivity contribution in [1.29, 1.82) is 0 Å². The number of anilines is 1. The lowest BCUT2D eigenvalue weighted by Gasteiger charge is -2.37. The normalized spacial score (nSPS) is 19.6. The van der Waals surface area contributed by atoms with Gasteiger partial charge in [0.25, 0.3) is 5.91 Å². The average Bonchev–Trinajstić information content (AvgIpc) is 3.57. The van der Waals surface area contributed by atoms with Gasteiger partial charge in [-0.25, -0.2) is 4.79 Å². The second-order valence-corrected chi connectivity index (χ2v) is 16.0. The maximum Gasteiger partial charge on any atom is 0.316 e. The molecule has 5 amide bonds. The summed E-state index contributed by atoms with van der Waals surface area (Å²) in [5.74, 6) is -2.88. The van der Waals surface area contributed by atoms with Gasteiger partial charge in [-0.3, -0.25) is 24.0 Å². The minimum absolute atomic E-state index is 0.0307. The first kappa shape index (κ1) is 42.2. The van der Waals surface area contributed by atoms with Crippen molar-refractivity contribution in [1.82, 2.24) is 26.2 Å². The quantitative estimate of drug-likeness (QED) is 0.110. The Bertz CT molecular complexity index is 1430. The van der Waals surface area contributed by atoms with Crippen molar-refractivity contribution in [3.8, 4) is 0 Å². The molecule has 0 radical (unpaired) electrons. The van der Waals surface area contributed by atoms with E-state index in [0.717, 1.165) is 37.8 Å². The van der Waals surface area contributed by atoms with E-state index in [1.54, 1.807) is 12.1 Å². The molecule has 1 aliphatic carbocycles. The van der Waals surface area contributed by atoms with Crippen LogP contribution in [0.15, 0.2) is 36.9 Å². The lowest BCUT2D eigenvalue weighted by molar-refractivity contribution is -0.144. The van der Waals surface area contributed by atoms with Crippen LogP contribution in [0, 0.1) is 23.2 Å². The third kappa shape index (κ3) is 10.9. The Hall–Kier alpha value is -4.22. The number of carbonyl (C=O) groups is 6. The lowest BCUT2D eigenvalue weighted by atomic mass is 9.81. The molecule has 2 fully saturated rings.